The van der Waals surface area contributed by atoms with Crippen molar-refractivity contribution in [2.45, 2.75) is 12.5 Å². The van der Waals surface area contributed by atoms with Gasteiger partial charge in [-0.1, -0.05) is 15.9 Å². The molecule has 0 bridgehead atoms. The topological polar surface area (TPSA) is 38.0 Å². The second-order valence-corrected chi connectivity index (χ2v) is 6.76. The van der Waals surface area contributed by atoms with Crippen LogP contribution >= 0.6 is 43.2 Å². The van der Waals surface area contributed by atoms with Gasteiger partial charge in [0, 0.05) is 31.2 Å². The molecule has 0 aliphatic heterocycles. The van der Waals surface area contributed by atoms with Gasteiger partial charge >= 0.3 is 0 Å². The fourth-order valence-electron chi connectivity index (χ4n) is 1.79. The van der Waals surface area contributed by atoms with Crippen molar-refractivity contribution in [2.24, 2.45) is 5.84 Å². The van der Waals surface area contributed by atoms with Crippen LogP contribution in [0.1, 0.15) is 16.5 Å². The van der Waals surface area contributed by atoms with E-state index in [1.807, 2.05) is 11.4 Å². The normalized spacial score (nSPS) is 12.7. The summed E-state index contributed by atoms with van der Waals surface area (Å²) in [6.45, 7) is 0. The molecule has 2 rings (SSSR count). The lowest BCUT2D eigenvalue weighted by Crippen LogP contribution is -2.30. The standard InChI is InChI=1S/C12H10Br2F2N2S/c13-6-2-9(15)12(10(16)3-6)11(18-17)4-8-1-7(14)5-19-8/h1-3,5,11,18H,4,17H2. The summed E-state index contributed by atoms with van der Waals surface area (Å²) in [5.74, 6) is 4.19. The molecule has 0 aliphatic carbocycles. The number of hydrogen-bond acceptors (Lipinski definition) is 3. The zero-order valence-electron chi connectivity index (χ0n) is 9.59. The molecule has 0 spiro atoms. The lowest BCUT2D eigenvalue weighted by Gasteiger charge is -2.17. The minimum atomic E-state index is -0.620. The van der Waals surface area contributed by atoms with Gasteiger partial charge in [0.05, 0.1) is 6.04 Å². The van der Waals surface area contributed by atoms with Gasteiger partial charge in [-0.2, -0.15) is 0 Å². The first kappa shape index (κ1) is 15.1. The van der Waals surface area contributed by atoms with Gasteiger partial charge in [-0.15, -0.1) is 11.3 Å². The van der Waals surface area contributed by atoms with Crippen LogP contribution in [-0.2, 0) is 6.42 Å². The number of thiophene rings is 1. The monoisotopic (exact) mass is 410 g/mol. The Labute approximate surface area is 130 Å². The highest BCUT2D eigenvalue weighted by Crippen LogP contribution is 2.29. The van der Waals surface area contributed by atoms with Gasteiger partial charge in [0.15, 0.2) is 0 Å². The van der Waals surface area contributed by atoms with Crippen LogP contribution in [0.2, 0.25) is 0 Å². The van der Waals surface area contributed by atoms with Crippen LogP contribution in [0, 0.1) is 11.6 Å². The minimum Gasteiger partial charge on any atom is -0.271 e. The summed E-state index contributed by atoms with van der Waals surface area (Å²) >= 11 is 7.90. The predicted octanol–water partition coefficient (Wildman–Crippen LogP) is 4.30. The zero-order valence-corrected chi connectivity index (χ0v) is 13.6. The van der Waals surface area contributed by atoms with Crippen molar-refractivity contribution in [3.8, 4) is 0 Å². The number of rotatable bonds is 4. The molecule has 1 aromatic heterocycles. The van der Waals surface area contributed by atoms with Crippen LogP contribution in [0.4, 0.5) is 8.78 Å². The average molecular weight is 412 g/mol. The number of hydrazine groups is 1. The van der Waals surface area contributed by atoms with E-state index in [2.05, 4.69) is 37.3 Å². The molecule has 1 heterocycles. The molecule has 2 nitrogen and oxygen atoms in total. The maximum atomic E-state index is 13.9. The van der Waals surface area contributed by atoms with Crippen LogP contribution < -0.4 is 11.3 Å². The Hall–Kier alpha value is -0.340. The molecule has 2 aromatic rings. The van der Waals surface area contributed by atoms with Gasteiger partial charge in [-0.25, -0.2) is 8.78 Å². The first-order chi connectivity index (χ1) is 9.01. The number of halogens is 4. The van der Waals surface area contributed by atoms with E-state index < -0.39 is 17.7 Å². The van der Waals surface area contributed by atoms with E-state index in [-0.39, 0.29) is 5.56 Å². The van der Waals surface area contributed by atoms with Crippen molar-refractivity contribution in [1.82, 2.24) is 5.43 Å². The molecule has 0 aliphatic rings. The second-order valence-electron chi connectivity index (χ2n) is 3.94. The maximum Gasteiger partial charge on any atom is 0.132 e. The van der Waals surface area contributed by atoms with Crippen molar-refractivity contribution in [3.05, 3.63) is 54.6 Å². The molecule has 3 N–H and O–H groups in total. The lowest BCUT2D eigenvalue weighted by atomic mass is 10.0. The average Bonchev–Trinajstić information content (AvgIpc) is 2.72. The molecule has 0 amide bonds. The Morgan fingerprint density at radius 3 is 2.26 bits per heavy atom. The van der Waals surface area contributed by atoms with Crippen molar-refractivity contribution in [2.75, 3.05) is 0 Å². The Morgan fingerprint density at radius 2 is 1.79 bits per heavy atom. The lowest BCUT2D eigenvalue weighted by molar-refractivity contribution is 0.474. The molecular formula is C12H10Br2F2N2S. The molecule has 102 valence electrons. The highest BCUT2D eigenvalue weighted by Gasteiger charge is 2.21. The van der Waals surface area contributed by atoms with Gasteiger partial charge in [0.2, 0.25) is 0 Å². The van der Waals surface area contributed by atoms with Crippen LogP contribution in [0.5, 0.6) is 0 Å². The van der Waals surface area contributed by atoms with Gasteiger partial charge in [0.1, 0.15) is 11.6 Å². The Balaban J connectivity index is 2.32. The molecule has 0 saturated carbocycles. The molecule has 1 unspecified atom stereocenters. The van der Waals surface area contributed by atoms with E-state index >= 15 is 0 Å². The summed E-state index contributed by atoms with van der Waals surface area (Å²) in [4.78, 5) is 0.983. The van der Waals surface area contributed by atoms with Crippen molar-refractivity contribution in [1.29, 1.82) is 0 Å². The highest BCUT2D eigenvalue weighted by atomic mass is 79.9. The van der Waals surface area contributed by atoms with E-state index in [4.69, 9.17) is 5.84 Å². The predicted molar refractivity (Wildman–Crippen MR) is 79.8 cm³/mol. The third-order valence-electron chi connectivity index (χ3n) is 2.62. The largest absolute Gasteiger partial charge is 0.271 e. The Kier molecular flexibility index (Phi) is 5.08. The van der Waals surface area contributed by atoms with Crippen LogP contribution in [-0.4, -0.2) is 0 Å². The van der Waals surface area contributed by atoms with Crippen LogP contribution in [0.3, 0.4) is 0 Å². The molecule has 1 aromatic carbocycles. The Morgan fingerprint density at radius 1 is 1.16 bits per heavy atom. The first-order valence-corrected chi connectivity index (χ1v) is 7.81. The molecular weight excluding hydrogens is 402 g/mol. The number of benzene rings is 1. The quantitative estimate of drug-likeness (QED) is 0.581. The van der Waals surface area contributed by atoms with Gasteiger partial charge in [0.25, 0.3) is 0 Å². The summed E-state index contributed by atoms with van der Waals surface area (Å²) in [5.41, 5.74) is 2.43. The third-order valence-corrected chi connectivity index (χ3v) is 4.80. The summed E-state index contributed by atoms with van der Waals surface area (Å²) in [6.07, 6.45) is 0.419. The van der Waals surface area contributed by atoms with Gasteiger partial charge in [-0.05, 0) is 34.1 Å². The summed E-state index contributed by atoms with van der Waals surface area (Å²) in [7, 11) is 0. The molecule has 7 heteroatoms. The van der Waals surface area contributed by atoms with E-state index in [0.29, 0.717) is 10.9 Å². The minimum absolute atomic E-state index is 0.0461. The molecule has 0 fully saturated rings. The number of nitrogens with two attached hydrogens (primary N) is 1. The SMILES string of the molecule is NNC(Cc1cc(Br)cs1)c1c(F)cc(Br)cc1F. The van der Waals surface area contributed by atoms with E-state index in [1.54, 1.807) is 0 Å². The molecule has 19 heavy (non-hydrogen) atoms. The van der Waals surface area contributed by atoms with Crippen molar-refractivity contribution < 1.29 is 8.78 Å². The van der Waals surface area contributed by atoms with E-state index in [9.17, 15) is 8.78 Å². The summed E-state index contributed by atoms with van der Waals surface area (Å²) in [5, 5.41) is 1.91. The molecule has 0 radical (unpaired) electrons. The maximum absolute atomic E-state index is 13.9. The summed E-state index contributed by atoms with van der Waals surface area (Å²) < 4.78 is 29.1. The van der Waals surface area contributed by atoms with E-state index in [0.717, 1.165) is 9.35 Å². The third kappa shape index (κ3) is 3.61. The Bertz CT molecular complexity index is 566. The first-order valence-electron chi connectivity index (χ1n) is 5.34. The fourth-order valence-corrected chi connectivity index (χ4v) is 3.69. The smallest absolute Gasteiger partial charge is 0.132 e. The van der Waals surface area contributed by atoms with Crippen LogP contribution in [0.25, 0.3) is 0 Å². The van der Waals surface area contributed by atoms with Crippen molar-refractivity contribution in [3.63, 3.8) is 0 Å². The molecule has 0 saturated heterocycles. The zero-order chi connectivity index (χ0) is 14.0. The summed E-state index contributed by atoms with van der Waals surface area (Å²) in [6, 6.07) is 3.75. The number of hydrogen-bond donors (Lipinski definition) is 2. The second kappa shape index (κ2) is 6.41. The van der Waals surface area contributed by atoms with E-state index in [1.165, 1.54) is 23.5 Å². The fraction of sp³-hybridized carbons (Fsp3) is 0.167. The van der Waals surface area contributed by atoms with Crippen LogP contribution in [0.15, 0.2) is 32.5 Å². The molecule has 1 atom stereocenters. The van der Waals surface area contributed by atoms with Gasteiger partial charge < -0.3 is 0 Å². The highest BCUT2D eigenvalue weighted by molar-refractivity contribution is 9.10. The van der Waals surface area contributed by atoms with Gasteiger partial charge in [-0.3, -0.25) is 11.3 Å². The number of nitrogens with one attached hydrogen (secondary N) is 1. The van der Waals surface area contributed by atoms with Crippen molar-refractivity contribution >= 4 is 43.2 Å².